The quantitative estimate of drug-likeness (QED) is 0.413. The van der Waals surface area contributed by atoms with E-state index in [1.54, 1.807) is 0 Å². The molecule has 0 atom stereocenters. The van der Waals surface area contributed by atoms with E-state index in [4.69, 9.17) is 9.79 Å². The van der Waals surface area contributed by atoms with Crippen molar-refractivity contribution in [2.75, 3.05) is 0 Å². The summed E-state index contributed by atoms with van der Waals surface area (Å²) in [5, 5.41) is 0. The molecule has 9 heteroatoms. The molecule has 0 aromatic rings. The molecule has 0 heterocycles. The van der Waals surface area contributed by atoms with Gasteiger partial charge in [0.1, 0.15) is 0 Å². The van der Waals surface area contributed by atoms with Crippen LogP contribution in [-0.4, -0.2) is 9.79 Å². The van der Waals surface area contributed by atoms with Gasteiger partial charge in [0.25, 0.3) is 0 Å². The Bertz CT molecular complexity index is 126. The van der Waals surface area contributed by atoms with E-state index >= 15 is 0 Å². The van der Waals surface area contributed by atoms with Crippen molar-refractivity contribution in [3.63, 3.8) is 0 Å². The van der Waals surface area contributed by atoms with Crippen molar-refractivity contribution in [1.29, 1.82) is 0 Å². The van der Waals surface area contributed by atoms with Crippen molar-refractivity contribution in [2.45, 2.75) is 0 Å². The Kier molecular flexibility index (Phi) is 2.57. The van der Waals surface area contributed by atoms with Crippen molar-refractivity contribution in [2.24, 2.45) is 0 Å². The van der Waals surface area contributed by atoms with Gasteiger partial charge >= 0.3 is 7.82 Å². The molecule has 9 heavy (non-hydrogen) atoms. The fourth-order valence-electron chi connectivity index (χ4n) is 0.110. The van der Waals surface area contributed by atoms with Crippen LogP contribution < -0.4 is 14.0 Å². The molecule has 0 radical (unpaired) electrons. The van der Waals surface area contributed by atoms with Gasteiger partial charge in [-0.3, -0.25) is 9.79 Å². The molecule has 0 aliphatic rings. The van der Waals surface area contributed by atoms with Crippen LogP contribution >= 0.6 is 7.82 Å². The number of hydrogen-bond donors (Lipinski definition) is 2. The van der Waals surface area contributed by atoms with E-state index in [0.717, 1.165) is 0 Å². The molecule has 0 bridgehead atoms. The van der Waals surface area contributed by atoms with E-state index in [2.05, 4.69) is 4.08 Å². The summed E-state index contributed by atoms with van der Waals surface area (Å²) in [6.07, 6.45) is 0. The van der Waals surface area contributed by atoms with Crippen LogP contribution in [0.25, 0.3) is 0 Å². The number of rotatable bonds is 2. The van der Waals surface area contributed by atoms with Gasteiger partial charge in [-0.2, -0.15) is 14.0 Å². The van der Waals surface area contributed by atoms with Gasteiger partial charge in [0.2, 0.25) is 0 Å². The first kappa shape index (κ1) is 9.28. The van der Waals surface area contributed by atoms with Crippen molar-refractivity contribution < 1.29 is 42.6 Å². The van der Waals surface area contributed by atoms with Gasteiger partial charge in [-0.15, -0.1) is 0 Å². The summed E-state index contributed by atoms with van der Waals surface area (Å²) >= 11 is 0. The van der Waals surface area contributed by atoms with E-state index in [9.17, 15) is 18.5 Å². The van der Waals surface area contributed by atoms with Gasteiger partial charge in [-0.1, -0.05) is 0 Å². The van der Waals surface area contributed by atoms with Crippen molar-refractivity contribution in [3.05, 3.63) is 0 Å². The first-order valence-corrected chi connectivity index (χ1v) is 4.15. The molecule has 0 aromatic carbocycles. The van der Waals surface area contributed by atoms with Crippen LogP contribution in [0.2, 0.25) is 0 Å². The molecule has 0 unspecified atom stereocenters. The fourth-order valence-corrected chi connectivity index (χ4v) is 0.991. The highest BCUT2D eigenvalue weighted by molar-refractivity contribution is 7.46. The second-order valence-electron chi connectivity index (χ2n) is 0.938. The average Bonchev–Trinajstić information content (AvgIpc) is 1.14. The second kappa shape index (κ2) is 2.49. The van der Waals surface area contributed by atoms with Crippen LogP contribution in [0.5, 0.6) is 0 Å². The molecule has 0 aliphatic carbocycles. The molecule has 56 valence electrons. The normalized spacial score (nSPS) is 13.9. The monoisotopic (exact) mass is 180 g/mol. The fraction of sp³-hybridized carbons (Fsp3) is 0. The Hall–Kier alpha value is 0.280. The molecular formula is H2ClO7P. The van der Waals surface area contributed by atoms with Crippen LogP contribution in [0.4, 0.5) is 0 Å². The summed E-state index contributed by atoms with van der Waals surface area (Å²) < 4.78 is 40.3. The van der Waals surface area contributed by atoms with Gasteiger partial charge in [0.05, 0.1) is 10.2 Å². The van der Waals surface area contributed by atoms with E-state index in [1.165, 1.54) is 0 Å². The molecule has 7 nitrogen and oxygen atoms in total. The summed E-state index contributed by atoms with van der Waals surface area (Å²) in [4.78, 5) is 15.3. The van der Waals surface area contributed by atoms with Gasteiger partial charge in [0.15, 0.2) is 4.08 Å². The van der Waals surface area contributed by atoms with Gasteiger partial charge < -0.3 is 0 Å². The van der Waals surface area contributed by atoms with Crippen molar-refractivity contribution in [1.82, 2.24) is 0 Å². The van der Waals surface area contributed by atoms with Gasteiger partial charge in [-0.05, 0) is 0 Å². The van der Waals surface area contributed by atoms with Crippen LogP contribution in [0.1, 0.15) is 0 Å². The smallest absolute Gasteiger partial charge is 0.292 e. The topological polar surface area (TPSA) is 136 Å². The van der Waals surface area contributed by atoms with Crippen molar-refractivity contribution in [3.8, 4) is 0 Å². The minimum absolute atomic E-state index is 2.68. The number of hydrogen-bond acceptors (Lipinski definition) is 5. The van der Waals surface area contributed by atoms with Crippen LogP contribution in [0.3, 0.4) is 0 Å². The number of halogens is 1. The maximum Gasteiger partial charge on any atom is 0.625 e. The summed E-state index contributed by atoms with van der Waals surface area (Å²) in [6, 6.07) is 0. The SMILES string of the molecule is O=P(O)(O)O[Cl+3]([O-])([O-])[O-]. The minimum Gasteiger partial charge on any atom is -0.292 e. The molecule has 0 fully saturated rings. The molecular weight excluding hydrogens is 178 g/mol. The Labute approximate surface area is 51.5 Å². The highest BCUT2D eigenvalue weighted by Crippen LogP contribution is 2.38. The first-order valence-electron chi connectivity index (χ1n) is 1.38. The van der Waals surface area contributed by atoms with Crippen molar-refractivity contribution >= 4 is 7.82 Å². The highest BCUT2D eigenvalue weighted by atomic mass is 35.7. The zero-order chi connectivity index (χ0) is 7.71. The summed E-state index contributed by atoms with van der Waals surface area (Å²) in [6.45, 7) is 0. The molecule has 0 aromatic heterocycles. The van der Waals surface area contributed by atoms with Gasteiger partial charge in [0, 0.05) is 0 Å². The van der Waals surface area contributed by atoms with Gasteiger partial charge in [-0.25, -0.2) is 4.57 Å². The Morgan fingerprint density at radius 2 is 1.67 bits per heavy atom. The predicted octanol–water partition coefficient (Wildman–Crippen LogP) is -4.01. The summed E-state index contributed by atoms with van der Waals surface area (Å²) in [7, 11) is -10.2. The molecule has 0 saturated carbocycles. The molecule has 0 spiro atoms. The zero-order valence-electron chi connectivity index (χ0n) is 3.76. The van der Waals surface area contributed by atoms with E-state index < -0.39 is 18.1 Å². The largest absolute Gasteiger partial charge is 0.625 e. The Morgan fingerprint density at radius 1 is 1.33 bits per heavy atom. The number of phosphoric acid groups is 1. The van der Waals surface area contributed by atoms with Crippen LogP contribution in [0.15, 0.2) is 0 Å². The third-order valence-corrected chi connectivity index (χ3v) is 1.57. The lowest BCUT2D eigenvalue weighted by atomic mass is 15.7. The molecule has 2 N–H and O–H groups in total. The minimum atomic E-state index is -5.20. The first-order chi connectivity index (χ1) is 3.71. The van der Waals surface area contributed by atoms with Crippen LogP contribution in [0, 0.1) is 10.2 Å². The lowest BCUT2D eigenvalue weighted by molar-refractivity contribution is -1.91. The van der Waals surface area contributed by atoms with E-state index in [1.807, 2.05) is 0 Å². The summed E-state index contributed by atoms with van der Waals surface area (Å²) in [5.41, 5.74) is 0. The molecule has 0 saturated heterocycles. The third-order valence-electron chi connectivity index (χ3n) is 0.174. The third kappa shape index (κ3) is 8.28. The maximum atomic E-state index is 9.53. The van der Waals surface area contributed by atoms with E-state index in [0.29, 0.717) is 0 Å². The second-order valence-corrected chi connectivity index (χ2v) is 3.23. The predicted molar refractivity (Wildman–Crippen MR) is 13.1 cm³/mol. The summed E-state index contributed by atoms with van der Waals surface area (Å²) in [5.74, 6) is 0. The lowest BCUT2D eigenvalue weighted by Gasteiger charge is -2.11. The lowest BCUT2D eigenvalue weighted by Crippen LogP contribution is -2.60. The zero-order valence-corrected chi connectivity index (χ0v) is 5.41. The highest BCUT2D eigenvalue weighted by Gasteiger charge is 2.37. The molecule has 0 amide bonds. The Balaban J connectivity index is 3.90. The van der Waals surface area contributed by atoms with E-state index in [-0.39, 0.29) is 0 Å². The average molecular weight is 180 g/mol. The molecule has 0 rings (SSSR count). The maximum absolute atomic E-state index is 9.53. The Morgan fingerprint density at radius 3 is 1.67 bits per heavy atom. The molecule has 0 aliphatic heterocycles. The van der Waals surface area contributed by atoms with Crippen LogP contribution in [-0.2, 0) is 8.64 Å². The standard InChI is InChI=1S/ClH2O7P/c2-1(3,4)8-9(5,6)7/h(H2,5,6,7).